The standard InChI is InChI=1S/C18H24N2O5/c1-5-7-13-15(17(21)25-6-2)16(20-18(22)19-13)12-9-8-11(23-3)10-14(12)24-4/h8-10,16H,5-7H2,1-4H3,(H2,19,20,22)/t16-/m0/s1. The number of ether oxygens (including phenoxy) is 3. The van der Waals surface area contributed by atoms with Gasteiger partial charge in [0.25, 0.3) is 0 Å². The zero-order valence-corrected chi connectivity index (χ0v) is 15.0. The Bertz CT molecular complexity index is 684. The third kappa shape index (κ3) is 4.04. The number of urea groups is 1. The molecule has 0 fully saturated rings. The van der Waals surface area contributed by atoms with Gasteiger partial charge in [-0.2, -0.15) is 0 Å². The second-order valence-electron chi connectivity index (χ2n) is 5.50. The van der Waals surface area contributed by atoms with E-state index in [2.05, 4.69) is 10.6 Å². The lowest BCUT2D eigenvalue weighted by atomic mass is 9.93. The minimum absolute atomic E-state index is 0.252. The molecule has 0 aromatic heterocycles. The minimum Gasteiger partial charge on any atom is -0.497 e. The highest BCUT2D eigenvalue weighted by Crippen LogP contribution is 2.36. The van der Waals surface area contributed by atoms with E-state index in [9.17, 15) is 9.59 Å². The van der Waals surface area contributed by atoms with Gasteiger partial charge in [-0.15, -0.1) is 0 Å². The third-order valence-electron chi connectivity index (χ3n) is 3.90. The summed E-state index contributed by atoms with van der Waals surface area (Å²) in [6.45, 7) is 3.98. The summed E-state index contributed by atoms with van der Waals surface area (Å²) in [5, 5.41) is 5.52. The van der Waals surface area contributed by atoms with Crippen LogP contribution in [0.1, 0.15) is 38.3 Å². The number of hydrogen-bond donors (Lipinski definition) is 2. The van der Waals surface area contributed by atoms with E-state index in [0.29, 0.717) is 34.8 Å². The normalized spacial score (nSPS) is 16.8. The number of benzene rings is 1. The van der Waals surface area contributed by atoms with E-state index in [-0.39, 0.29) is 12.6 Å². The SMILES string of the molecule is CCCC1=C(C(=O)OCC)[C@H](c2ccc(OC)cc2OC)NC(=O)N1. The number of rotatable bonds is 7. The van der Waals surface area contributed by atoms with E-state index in [1.165, 1.54) is 7.11 Å². The lowest BCUT2D eigenvalue weighted by Gasteiger charge is -2.30. The van der Waals surface area contributed by atoms with Crippen LogP contribution in [0, 0.1) is 0 Å². The van der Waals surface area contributed by atoms with Crippen molar-refractivity contribution in [1.29, 1.82) is 0 Å². The van der Waals surface area contributed by atoms with Gasteiger partial charge in [0.1, 0.15) is 11.5 Å². The van der Waals surface area contributed by atoms with Crippen LogP contribution in [0.5, 0.6) is 11.5 Å². The highest BCUT2D eigenvalue weighted by molar-refractivity contribution is 5.95. The summed E-state index contributed by atoms with van der Waals surface area (Å²) in [4.78, 5) is 24.7. The van der Waals surface area contributed by atoms with Gasteiger partial charge < -0.3 is 24.8 Å². The Morgan fingerprint density at radius 1 is 1.20 bits per heavy atom. The van der Waals surface area contributed by atoms with Crippen molar-refractivity contribution in [3.05, 3.63) is 35.0 Å². The molecule has 7 nitrogen and oxygen atoms in total. The molecule has 1 aliphatic heterocycles. The summed E-state index contributed by atoms with van der Waals surface area (Å²) in [7, 11) is 3.09. The average molecular weight is 348 g/mol. The maximum Gasteiger partial charge on any atom is 0.338 e. The first-order chi connectivity index (χ1) is 12.0. The zero-order chi connectivity index (χ0) is 18.4. The zero-order valence-electron chi connectivity index (χ0n) is 15.0. The molecule has 2 N–H and O–H groups in total. The quantitative estimate of drug-likeness (QED) is 0.740. The molecular weight excluding hydrogens is 324 g/mol. The van der Waals surface area contributed by atoms with Gasteiger partial charge in [-0.3, -0.25) is 0 Å². The highest BCUT2D eigenvalue weighted by Gasteiger charge is 2.34. The Hall–Kier alpha value is -2.70. The first kappa shape index (κ1) is 18.6. The molecule has 136 valence electrons. The molecule has 2 rings (SSSR count). The molecule has 0 aliphatic carbocycles. The molecule has 1 atom stereocenters. The van der Waals surface area contributed by atoms with E-state index in [4.69, 9.17) is 14.2 Å². The molecule has 0 bridgehead atoms. The molecule has 0 unspecified atom stereocenters. The highest BCUT2D eigenvalue weighted by atomic mass is 16.5. The summed E-state index contributed by atoms with van der Waals surface area (Å²) < 4.78 is 15.9. The fraction of sp³-hybridized carbons (Fsp3) is 0.444. The van der Waals surface area contributed by atoms with Crippen LogP contribution in [0.2, 0.25) is 0 Å². The molecule has 1 heterocycles. The molecule has 1 aliphatic rings. The minimum atomic E-state index is -0.657. The van der Waals surface area contributed by atoms with E-state index < -0.39 is 12.0 Å². The topological polar surface area (TPSA) is 85.9 Å². The predicted octanol–water partition coefficient (Wildman–Crippen LogP) is 2.67. The van der Waals surface area contributed by atoms with Crippen molar-refractivity contribution in [2.45, 2.75) is 32.7 Å². The van der Waals surface area contributed by atoms with Crippen molar-refractivity contribution in [3.63, 3.8) is 0 Å². The predicted molar refractivity (Wildman–Crippen MR) is 92.5 cm³/mol. The van der Waals surface area contributed by atoms with E-state index >= 15 is 0 Å². The van der Waals surface area contributed by atoms with Crippen LogP contribution >= 0.6 is 0 Å². The van der Waals surface area contributed by atoms with Crippen LogP contribution in [0.15, 0.2) is 29.5 Å². The van der Waals surface area contributed by atoms with Crippen LogP contribution in [0.4, 0.5) is 4.79 Å². The van der Waals surface area contributed by atoms with Gasteiger partial charge in [-0.1, -0.05) is 13.3 Å². The fourth-order valence-corrected chi connectivity index (χ4v) is 2.81. The van der Waals surface area contributed by atoms with Gasteiger partial charge in [-0.05, 0) is 25.5 Å². The lowest BCUT2D eigenvalue weighted by Crippen LogP contribution is -2.46. The molecule has 0 saturated carbocycles. The first-order valence-electron chi connectivity index (χ1n) is 8.25. The van der Waals surface area contributed by atoms with Gasteiger partial charge in [0.15, 0.2) is 0 Å². The first-order valence-corrected chi connectivity index (χ1v) is 8.25. The average Bonchev–Trinajstić information content (AvgIpc) is 2.61. The van der Waals surface area contributed by atoms with Crippen molar-refractivity contribution in [1.82, 2.24) is 10.6 Å². The summed E-state index contributed by atoms with van der Waals surface area (Å²) in [5.41, 5.74) is 1.63. The monoisotopic (exact) mass is 348 g/mol. The second kappa shape index (κ2) is 8.41. The molecular formula is C18H24N2O5. The Kier molecular flexibility index (Phi) is 6.27. The fourth-order valence-electron chi connectivity index (χ4n) is 2.81. The maximum atomic E-state index is 12.6. The summed E-state index contributed by atoms with van der Waals surface area (Å²) in [5.74, 6) is 0.682. The molecule has 0 saturated heterocycles. The van der Waals surface area contributed by atoms with Crippen LogP contribution in [0.25, 0.3) is 0 Å². The molecule has 1 aromatic rings. The summed E-state index contributed by atoms with van der Waals surface area (Å²) in [6.07, 6.45) is 1.35. The number of allylic oxidation sites excluding steroid dienone is 1. The van der Waals surface area contributed by atoms with Gasteiger partial charge >= 0.3 is 12.0 Å². The number of methoxy groups -OCH3 is 2. The van der Waals surface area contributed by atoms with Crippen molar-refractivity contribution in [2.24, 2.45) is 0 Å². The van der Waals surface area contributed by atoms with E-state index in [1.54, 1.807) is 32.2 Å². The number of amides is 2. The van der Waals surface area contributed by atoms with Gasteiger partial charge in [0.2, 0.25) is 0 Å². The molecule has 1 aromatic carbocycles. The number of carbonyl (C=O) groups excluding carboxylic acids is 2. The molecule has 25 heavy (non-hydrogen) atoms. The van der Waals surface area contributed by atoms with Gasteiger partial charge in [-0.25, -0.2) is 9.59 Å². The van der Waals surface area contributed by atoms with Crippen molar-refractivity contribution in [2.75, 3.05) is 20.8 Å². The van der Waals surface area contributed by atoms with E-state index in [0.717, 1.165) is 6.42 Å². The third-order valence-corrected chi connectivity index (χ3v) is 3.90. The number of esters is 1. The Morgan fingerprint density at radius 3 is 2.56 bits per heavy atom. The van der Waals surface area contributed by atoms with Crippen LogP contribution < -0.4 is 20.1 Å². The number of carbonyl (C=O) groups is 2. The molecule has 0 radical (unpaired) electrons. The van der Waals surface area contributed by atoms with Crippen molar-refractivity contribution < 1.29 is 23.8 Å². The summed E-state index contributed by atoms with van der Waals surface area (Å²) in [6, 6.07) is 4.23. The van der Waals surface area contributed by atoms with Crippen LogP contribution in [-0.2, 0) is 9.53 Å². The van der Waals surface area contributed by atoms with Crippen molar-refractivity contribution in [3.8, 4) is 11.5 Å². The van der Waals surface area contributed by atoms with Crippen molar-refractivity contribution >= 4 is 12.0 Å². The Morgan fingerprint density at radius 2 is 1.96 bits per heavy atom. The maximum absolute atomic E-state index is 12.6. The molecule has 2 amide bonds. The summed E-state index contributed by atoms with van der Waals surface area (Å²) >= 11 is 0. The Labute approximate surface area is 147 Å². The largest absolute Gasteiger partial charge is 0.497 e. The molecule has 0 spiro atoms. The number of hydrogen-bond acceptors (Lipinski definition) is 5. The molecule has 7 heteroatoms. The smallest absolute Gasteiger partial charge is 0.338 e. The van der Waals surface area contributed by atoms with Crippen LogP contribution in [0.3, 0.4) is 0 Å². The van der Waals surface area contributed by atoms with E-state index in [1.807, 2.05) is 6.92 Å². The lowest BCUT2D eigenvalue weighted by molar-refractivity contribution is -0.139. The van der Waals surface area contributed by atoms with Gasteiger partial charge in [0.05, 0.1) is 32.4 Å². The van der Waals surface area contributed by atoms with Crippen LogP contribution in [-0.4, -0.2) is 32.8 Å². The Balaban J connectivity index is 2.57. The number of nitrogens with one attached hydrogen (secondary N) is 2. The van der Waals surface area contributed by atoms with Gasteiger partial charge in [0, 0.05) is 17.3 Å². The second-order valence-corrected chi connectivity index (χ2v) is 5.50.